The van der Waals surface area contributed by atoms with Crippen LogP contribution in [-0.2, 0) is 17.1 Å². The van der Waals surface area contributed by atoms with Crippen molar-refractivity contribution >= 4 is 15.7 Å². The Kier molecular flexibility index (Phi) is 3.60. The Hall–Kier alpha value is -2.74. The second-order valence-electron chi connectivity index (χ2n) is 4.62. The minimum absolute atomic E-state index is 0.219. The topological polar surface area (TPSA) is 89.8 Å². The van der Waals surface area contributed by atoms with Crippen LogP contribution in [0.2, 0.25) is 0 Å². The molecule has 0 aliphatic heterocycles. The summed E-state index contributed by atoms with van der Waals surface area (Å²) in [6.07, 6.45) is 0. The number of hydrogen-bond acceptors (Lipinski definition) is 5. The summed E-state index contributed by atoms with van der Waals surface area (Å²) in [4.78, 5) is 0.219. The molecule has 0 radical (unpaired) electrons. The Labute approximate surface area is 127 Å². The summed E-state index contributed by atoms with van der Waals surface area (Å²) in [6, 6.07) is 15.1. The van der Waals surface area contributed by atoms with Crippen molar-refractivity contribution in [1.82, 2.24) is 20.2 Å². The van der Waals surface area contributed by atoms with E-state index in [0.717, 1.165) is 5.56 Å². The van der Waals surface area contributed by atoms with Crippen LogP contribution >= 0.6 is 0 Å². The Bertz CT molecular complexity index is 873. The molecule has 112 valence electrons. The highest BCUT2D eigenvalue weighted by Crippen LogP contribution is 2.20. The van der Waals surface area contributed by atoms with E-state index in [1.54, 1.807) is 66.3 Å². The van der Waals surface area contributed by atoms with Crippen LogP contribution in [0.15, 0.2) is 59.5 Å². The smallest absolute Gasteiger partial charge is 0.261 e. The zero-order chi connectivity index (χ0) is 15.6. The van der Waals surface area contributed by atoms with Crippen LogP contribution in [0.25, 0.3) is 11.4 Å². The molecule has 0 spiro atoms. The molecule has 1 aromatic heterocycles. The number of tetrazole rings is 1. The number of anilines is 1. The van der Waals surface area contributed by atoms with E-state index in [2.05, 4.69) is 20.2 Å². The van der Waals surface area contributed by atoms with Crippen molar-refractivity contribution in [2.75, 3.05) is 4.72 Å². The number of rotatable bonds is 4. The third-order valence-electron chi connectivity index (χ3n) is 3.07. The summed E-state index contributed by atoms with van der Waals surface area (Å²) >= 11 is 0. The number of benzene rings is 2. The van der Waals surface area contributed by atoms with Gasteiger partial charge in [0, 0.05) is 18.3 Å². The molecule has 0 unspecified atom stereocenters. The van der Waals surface area contributed by atoms with Crippen molar-refractivity contribution in [3.63, 3.8) is 0 Å². The molecule has 3 aromatic rings. The fraction of sp³-hybridized carbons (Fsp3) is 0.0714. The van der Waals surface area contributed by atoms with Gasteiger partial charge in [-0.15, -0.1) is 5.10 Å². The molecule has 2 aromatic carbocycles. The van der Waals surface area contributed by atoms with Crippen molar-refractivity contribution < 1.29 is 8.42 Å². The Morgan fingerprint density at radius 3 is 2.27 bits per heavy atom. The van der Waals surface area contributed by atoms with Gasteiger partial charge in [-0.25, -0.2) is 13.1 Å². The predicted molar refractivity (Wildman–Crippen MR) is 81.5 cm³/mol. The van der Waals surface area contributed by atoms with Crippen LogP contribution in [0.5, 0.6) is 0 Å². The van der Waals surface area contributed by atoms with Crippen LogP contribution in [0, 0.1) is 0 Å². The average molecular weight is 315 g/mol. The monoisotopic (exact) mass is 315 g/mol. The van der Waals surface area contributed by atoms with E-state index in [-0.39, 0.29) is 4.90 Å². The molecule has 0 saturated heterocycles. The summed E-state index contributed by atoms with van der Waals surface area (Å²) in [5.41, 5.74) is 1.28. The maximum Gasteiger partial charge on any atom is 0.261 e. The number of aromatic nitrogens is 4. The average Bonchev–Trinajstić information content (AvgIpc) is 2.95. The molecule has 0 aliphatic carbocycles. The number of aryl methyl sites for hydroxylation is 1. The summed E-state index contributed by atoms with van der Waals surface area (Å²) < 4.78 is 28.5. The summed E-state index contributed by atoms with van der Waals surface area (Å²) in [6.45, 7) is 0. The van der Waals surface area contributed by atoms with Crippen LogP contribution in [0.1, 0.15) is 0 Å². The van der Waals surface area contributed by atoms with E-state index in [9.17, 15) is 8.42 Å². The lowest BCUT2D eigenvalue weighted by molar-refractivity contribution is 0.601. The Balaban J connectivity index is 1.84. The molecule has 22 heavy (non-hydrogen) atoms. The highest BCUT2D eigenvalue weighted by Gasteiger charge is 2.13. The lowest BCUT2D eigenvalue weighted by atomic mass is 10.2. The van der Waals surface area contributed by atoms with Gasteiger partial charge < -0.3 is 0 Å². The molecule has 1 N–H and O–H groups in total. The first-order chi connectivity index (χ1) is 10.6. The summed E-state index contributed by atoms with van der Waals surface area (Å²) in [5.74, 6) is 0.609. The van der Waals surface area contributed by atoms with Gasteiger partial charge in [0.2, 0.25) is 0 Å². The number of nitrogens with zero attached hydrogens (tertiary/aromatic N) is 4. The van der Waals surface area contributed by atoms with Crippen LogP contribution in [-0.4, -0.2) is 28.6 Å². The van der Waals surface area contributed by atoms with Gasteiger partial charge in [-0.1, -0.05) is 18.2 Å². The van der Waals surface area contributed by atoms with E-state index in [4.69, 9.17) is 0 Å². The molecule has 0 atom stereocenters. The Morgan fingerprint density at radius 2 is 1.68 bits per heavy atom. The maximum absolute atomic E-state index is 12.2. The normalized spacial score (nSPS) is 11.3. The molecule has 3 rings (SSSR count). The number of hydrogen-bond donors (Lipinski definition) is 1. The Morgan fingerprint density at radius 1 is 1.00 bits per heavy atom. The highest BCUT2D eigenvalue weighted by molar-refractivity contribution is 7.92. The lowest BCUT2D eigenvalue weighted by Crippen LogP contribution is -2.12. The fourth-order valence-electron chi connectivity index (χ4n) is 1.98. The summed E-state index contributed by atoms with van der Waals surface area (Å²) in [7, 11) is -1.85. The van der Waals surface area contributed by atoms with Gasteiger partial charge in [-0.05, 0) is 46.8 Å². The standard InChI is InChI=1S/C14H13N5O2S/c1-19-14(15-17-18-19)11-7-9-12(10-8-11)16-22(20,21)13-5-3-2-4-6-13/h2-10,16H,1H3. The fourth-order valence-corrected chi connectivity index (χ4v) is 3.05. The second-order valence-corrected chi connectivity index (χ2v) is 6.30. The molecule has 8 heteroatoms. The van der Waals surface area contributed by atoms with E-state index in [0.29, 0.717) is 11.5 Å². The molecule has 7 nitrogen and oxygen atoms in total. The largest absolute Gasteiger partial charge is 0.280 e. The van der Waals surface area contributed by atoms with Crippen molar-refractivity contribution in [2.45, 2.75) is 4.90 Å². The molecule has 0 fully saturated rings. The van der Waals surface area contributed by atoms with Crippen molar-refractivity contribution in [1.29, 1.82) is 0 Å². The molecule has 0 bridgehead atoms. The highest BCUT2D eigenvalue weighted by atomic mass is 32.2. The second kappa shape index (κ2) is 5.57. The van der Waals surface area contributed by atoms with Gasteiger partial charge in [-0.2, -0.15) is 0 Å². The molecule has 1 heterocycles. The lowest BCUT2D eigenvalue weighted by Gasteiger charge is -2.08. The molecule has 0 amide bonds. The van der Waals surface area contributed by atoms with E-state index in [1.807, 2.05) is 0 Å². The third-order valence-corrected chi connectivity index (χ3v) is 4.47. The minimum atomic E-state index is -3.58. The molecular formula is C14H13N5O2S. The number of sulfonamides is 1. The van der Waals surface area contributed by atoms with Gasteiger partial charge >= 0.3 is 0 Å². The maximum atomic E-state index is 12.2. The molecule has 0 saturated carbocycles. The van der Waals surface area contributed by atoms with Gasteiger partial charge in [0.15, 0.2) is 5.82 Å². The third kappa shape index (κ3) is 2.82. The predicted octanol–water partition coefficient (Wildman–Crippen LogP) is 1.68. The van der Waals surface area contributed by atoms with Gasteiger partial charge in [0.1, 0.15) is 0 Å². The van der Waals surface area contributed by atoms with E-state index in [1.165, 1.54) is 0 Å². The first-order valence-electron chi connectivity index (χ1n) is 6.47. The van der Waals surface area contributed by atoms with Crippen molar-refractivity contribution in [3.8, 4) is 11.4 Å². The summed E-state index contributed by atoms with van der Waals surface area (Å²) in [5, 5.41) is 11.2. The molecular weight excluding hydrogens is 302 g/mol. The minimum Gasteiger partial charge on any atom is -0.280 e. The van der Waals surface area contributed by atoms with E-state index >= 15 is 0 Å². The van der Waals surface area contributed by atoms with Crippen molar-refractivity contribution in [2.24, 2.45) is 7.05 Å². The van der Waals surface area contributed by atoms with Gasteiger partial charge in [0.05, 0.1) is 4.90 Å². The quantitative estimate of drug-likeness (QED) is 0.791. The zero-order valence-electron chi connectivity index (χ0n) is 11.7. The SMILES string of the molecule is Cn1nnnc1-c1ccc(NS(=O)(=O)c2ccccc2)cc1. The zero-order valence-corrected chi connectivity index (χ0v) is 12.5. The van der Waals surface area contributed by atoms with Crippen LogP contribution in [0.3, 0.4) is 0 Å². The van der Waals surface area contributed by atoms with E-state index < -0.39 is 10.0 Å². The van der Waals surface area contributed by atoms with Crippen molar-refractivity contribution in [3.05, 3.63) is 54.6 Å². The van der Waals surface area contributed by atoms with Crippen LogP contribution in [0.4, 0.5) is 5.69 Å². The van der Waals surface area contributed by atoms with Gasteiger partial charge in [-0.3, -0.25) is 4.72 Å². The van der Waals surface area contributed by atoms with Gasteiger partial charge in [0.25, 0.3) is 10.0 Å². The first-order valence-corrected chi connectivity index (χ1v) is 7.95. The molecule has 0 aliphatic rings. The van der Waals surface area contributed by atoms with Crippen LogP contribution < -0.4 is 4.72 Å². The first kappa shape index (κ1) is 14.2. The number of nitrogens with one attached hydrogen (secondary N) is 1.